The number of benzene rings is 9. The molecule has 9 aromatic carbocycles. The maximum absolute atomic E-state index is 6.54. The lowest BCUT2D eigenvalue weighted by Crippen LogP contribution is -2.11. The Labute approximate surface area is 313 Å². The molecule has 1 aromatic heterocycles. The molecule has 1 aliphatic carbocycles. The number of hydrogen-bond acceptors (Lipinski definition) is 3. The summed E-state index contributed by atoms with van der Waals surface area (Å²) in [5.74, 6) is 0. The van der Waals surface area contributed by atoms with Crippen molar-refractivity contribution in [1.82, 2.24) is 0 Å². The predicted molar refractivity (Wildman–Crippen MR) is 227 cm³/mol. The quantitative estimate of drug-likeness (QED) is 0.173. The van der Waals surface area contributed by atoms with Gasteiger partial charge in [-0.25, -0.2) is 0 Å². The SMILES string of the molecule is Cc1ccccc1N(c1ccccc1)c1ccc2cc3c(cc2c1)-c1cc2ccc(N(c4ccccc4)c4cccc5c4oc4ccccc45)cc2cc1-3. The van der Waals surface area contributed by atoms with Gasteiger partial charge >= 0.3 is 0 Å². The Kier molecular flexibility index (Phi) is 6.77. The molecule has 0 saturated heterocycles. The Bertz CT molecular complexity index is 3070. The number of hydrogen-bond donors (Lipinski definition) is 0. The van der Waals surface area contributed by atoms with Gasteiger partial charge in [-0.2, -0.15) is 0 Å². The highest BCUT2D eigenvalue weighted by Crippen LogP contribution is 2.52. The molecule has 54 heavy (non-hydrogen) atoms. The van der Waals surface area contributed by atoms with E-state index in [9.17, 15) is 0 Å². The molecule has 0 aliphatic heterocycles. The van der Waals surface area contributed by atoms with Crippen molar-refractivity contribution >= 4 is 77.6 Å². The molecular formula is C51H34N2O. The van der Waals surface area contributed by atoms with Crippen molar-refractivity contribution in [2.45, 2.75) is 6.92 Å². The van der Waals surface area contributed by atoms with E-state index >= 15 is 0 Å². The fourth-order valence-electron chi connectivity index (χ4n) is 8.41. The van der Waals surface area contributed by atoms with Gasteiger partial charge in [-0.15, -0.1) is 0 Å². The number of para-hydroxylation sites is 5. The summed E-state index contributed by atoms with van der Waals surface area (Å²) in [6.07, 6.45) is 0. The van der Waals surface area contributed by atoms with Gasteiger partial charge in [0, 0.05) is 39.2 Å². The molecule has 0 radical (unpaired) electrons. The molecule has 3 heteroatoms. The highest BCUT2D eigenvalue weighted by molar-refractivity contribution is 6.13. The first-order valence-electron chi connectivity index (χ1n) is 18.5. The molecule has 0 saturated carbocycles. The molecule has 0 atom stereocenters. The molecule has 0 spiro atoms. The van der Waals surface area contributed by atoms with Crippen LogP contribution in [0.3, 0.4) is 0 Å². The Hall–Kier alpha value is -7.10. The van der Waals surface area contributed by atoms with Crippen LogP contribution in [0.1, 0.15) is 5.56 Å². The summed E-state index contributed by atoms with van der Waals surface area (Å²) in [4.78, 5) is 4.68. The van der Waals surface area contributed by atoms with Crippen molar-refractivity contribution in [2.24, 2.45) is 0 Å². The lowest BCUT2D eigenvalue weighted by molar-refractivity contribution is 0.669. The molecule has 1 heterocycles. The average molecular weight is 691 g/mol. The smallest absolute Gasteiger partial charge is 0.159 e. The second-order valence-electron chi connectivity index (χ2n) is 14.2. The van der Waals surface area contributed by atoms with E-state index in [-0.39, 0.29) is 0 Å². The first-order chi connectivity index (χ1) is 26.7. The van der Waals surface area contributed by atoms with Crippen molar-refractivity contribution in [3.8, 4) is 22.3 Å². The van der Waals surface area contributed by atoms with Crippen molar-refractivity contribution < 1.29 is 4.42 Å². The zero-order valence-corrected chi connectivity index (χ0v) is 29.7. The van der Waals surface area contributed by atoms with E-state index in [0.29, 0.717) is 0 Å². The summed E-state index contributed by atoms with van der Waals surface area (Å²) in [5.41, 5.74) is 14.9. The molecule has 3 nitrogen and oxygen atoms in total. The first kappa shape index (κ1) is 30.5. The number of rotatable bonds is 6. The van der Waals surface area contributed by atoms with Crippen molar-refractivity contribution in [2.75, 3.05) is 9.80 Å². The highest BCUT2D eigenvalue weighted by atomic mass is 16.3. The number of anilines is 6. The van der Waals surface area contributed by atoms with Crippen LogP contribution in [-0.2, 0) is 0 Å². The molecule has 254 valence electrons. The molecule has 0 fully saturated rings. The zero-order valence-electron chi connectivity index (χ0n) is 29.7. The normalized spacial score (nSPS) is 11.8. The lowest BCUT2D eigenvalue weighted by atomic mass is 9.78. The van der Waals surface area contributed by atoms with Gasteiger partial charge in [-0.1, -0.05) is 97.1 Å². The third kappa shape index (κ3) is 4.76. The van der Waals surface area contributed by atoms with E-state index in [0.717, 1.165) is 50.4 Å². The van der Waals surface area contributed by atoms with Crippen LogP contribution in [0.25, 0.3) is 65.7 Å². The van der Waals surface area contributed by atoms with Gasteiger partial charge in [-0.3, -0.25) is 0 Å². The Morgan fingerprint density at radius 2 is 0.833 bits per heavy atom. The van der Waals surface area contributed by atoms with Crippen LogP contribution in [0.2, 0.25) is 0 Å². The molecule has 11 rings (SSSR count). The summed E-state index contributed by atoms with van der Waals surface area (Å²) in [5, 5.41) is 7.15. The third-order valence-electron chi connectivity index (χ3n) is 11.0. The van der Waals surface area contributed by atoms with E-state index in [1.54, 1.807) is 0 Å². The number of aryl methyl sites for hydroxylation is 1. The number of nitrogens with zero attached hydrogens (tertiary/aromatic N) is 2. The first-order valence-corrected chi connectivity index (χ1v) is 18.5. The Morgan fingerprint density at radius 1 is 0.352 bits per heavy atom. The molecule has 1 aliphatic rings. The van der Waals surface area contributed by atoms with Gasteiger partial charge in [-0.05, 0) is 147 Å². The molecule has 0 N–H and O–H groups in total. The van der Waals surface area contributed by atoms with Gasteiger partial charge in [0.15, 0.2) is 5.58 Å². The van der Waals surface area contributed by atoms with Crippen LogP contribution in [0.5, 0.6) is 0 Å². The van der Waals surface area contributed by atoms with Gasteiger partial charge < -0.3 is 14.2 Å². The van der Waals surface area contributed by atoms with Crippen LogP contribution in [-0.4, -0.2) is 0 Å². The molecule has 0 bridgehead atoms. The van der Waals surface area contributed by atoms with Gasteiger partial charge in [0.1, 0.15) is 5.58 Å². The predicted octanol–water partition coefficient (Wildman–Crippen LogP) is 14.8. The minimum atomic E-state index is 0.884. The van der Waals surface area contributed by atoms with Gasteiger partial charge in [0.05, 0.1) is 5.69 Å². The van der Waals surface area contributed by atoms with E-state index in [1.807, 2.05) is 12.1 Å². The van der Waals surface area contributed by atoms with Crippen LogP contribution >= 0.6 is 0 Å². The third-order valence-corrected chi connectivity index (χ3v) is 11.0. The summed E-state index contributed by atoms with van der Waals surface area (Å²) >= 11 is 0. The van der Waals surface area contributed by atoms with E-state index < -0.39 is 0 Å². The standard InChI is InChI=1S/C51H34N2O/c1-33-13-8-10-20-48(33)52(38-14-4-2-5-15-38)40-25-23-34-29-44-46(31-36(34)27-40)45-30-35-24-26-41(28-37(35)32-47(44)45)53(39-16-6-3-7-17-39)49-21-12-19-43-42-18-9-11-22-50(42)54-51(43)49/h2-32H,1H3. The Morgan fingerprint density at radius 3 is 1.44 bits per heavy atom. The summed E-state index contributed by atoms with van der Waals surface area (Å²) in [6.45, 7) is 2.18. The van der Waals surface area contributed by atoms with Crippen LogP contribution < -0.4 is 9.80 Å². The van der Waals surface area contributed by atoms with E-state index in [2.05, 4.69) is 193 Å². The summed E-state index contributed by atoms with van der Waals surface area (Å²) in [7, 11) is 0. The van der Waals surface area contributed by atoms with Crippen LogP contribution in [0.15, 0.2) is 192 Å². The molecule has 0 amide bonds. The monoisotopic (exact) mass is 690 g/mol. The topological polar surface area (TPSA) is 19.6 Å². The maximum atomic E-state index is 6.54. The maximum Gasteiger partial charge on any atom is 0.159 e. The minimum absolute atomic E-state index is 0.884. The summed E-state index contributed by atoms with van der Waals surface area (Å²) in [6, 6.07) is 67.7. The molecular weight excluding hydrogens is 657 g/mol. The van der Waals surface area contributed by atoms with Crippen molar-refractivity contribution in [1.29, 1.82) is 0 Å². The fourth-order valence-corrected chi connectivity index (χ4v) is 8.41. The van der Waals surface area contributed by atoms with E-state index in [4.69, 9.17) is 4.42 Å². The van der Waals surface area contributed by atoms with Gasteiger partial charge in [0.25, 0.3) is 0 Å². The number of furan rings is 1. The molecule has 10 aromatic rings. The van der Waals surface area contributed by atoms with Crippen LogP contribution in [0, 0.1) is 6.92 Å². The minimum Gasteiger partial charge on any atom is -0.454 e. The zero-order chi connectivity index (χ0) is 35.8. The fraction of sp³-hybridized carbons (Fsp3) is 0.0196. The number of fused-ring (bicyclic) bond motifs is 9. The van der Waals surface area contributed by atoms with Crippen molar-refractivity contribution in [3.05, 3.63) is 194 Å². The van der Waals surface area contributed by atoms with Crippen molar-refractivity contribution in [3.63, 3.8) is 0 Å². The Balaban J connectivity index is 1.01. The molecule has 0 unspecified atom stereocenters. The largest absolute Gasteiger partial charge is 0.454 e. The van der Waals surface area contributed by atoms with Crippen LogP contribution in [0.4, 0.5) is 34.1 Å². The summed E-state index contributed by atoms with van der Waals surface area (Å²) < 4.78 is 6.54. The second-order valence-corrected chi connectivity index (χ2v) is 14.2. The van der Waals surface area contributed by atoms with Gasteiger partial charge in [0.2, 0.25) is 0 Å². The van der Waals surface area contributed by atoms with E-state index in [1.165, 1.54) is 55.0 Å². The second kappa shape index (κ2) is 12.0. The lowest BCUT2D eigenvalue weighted by Gasteiger charge is -2.29. The highest BCUT2D eigenvalue weighted by Gasteiger charge is 2.25. The average Bonchev–Trinajstić information content (AvgIpc) is 3.61.